The van der Waals surface area contributed by atoms with Crippen molar-refractivity contribution in [1.29, 1.82) is 0 Å². The van der Waals surface area contributed by atoms with Gasteiger partial charge in [0.2, 0.25) is 5.89 Å². The van der Waals surface area contributed by atoms with Gasteiger partial charge in [-0.05, 0) is 31.2 Å². The molecule has 6 heteroatoms. The summed E-state index contributed by atoms with van der Waals surface area (Å²) in [5.41, 5.74) is 8.23. The number of oxime groups is 1. The third-order valence-corrected chi connectivity index (χ3v) is 3.66. The van der Waals surface area contributed by atoms with Crippen LogP contribution >= 0.6 is 0 Å². The molecule has 1 aromatic heterocycles. The number of rotatable bonds is 6. The smallest absolute Gasteiger partial charge is 0.226 e. The second-order valence-corrected chi connectivity index (χ2v) is 5.34. The molecule has 25 heavy (non-hydrogen) atoms. The quantitative estimate of drug-likeness (QED) is 0.423. The first-order chi connectivity index (χ1) is 12.2. The molecule has 2 aromatic carbocycles. The number of oxazole rings is 1. The first-order valence-electron chi connectivity index (χ1n) is 7.79. The fourth-order valence-corrected chi connectivity index (χ4v) is 2.33. The van der Waals surface area contributed by atoms with Gasteiger partial charge in [-0.1, -0.05) is 35.5 Å². The van der Waals surface area contributed by atoms with E-state index in [2.05, 4.69) is 10.1 Å². The third-order valence-electron chi connectivity index (χ3n) is 3.66. The normalized spacial score (nSPS) is 11.4. The summed E-state index contributed by atoms with van der Waals surface area (Å²) in [5.74, 6) is 2.11. The van der Waals surface area contributed by atoms with E-state index in [9.17, 15) is 0 Å². The highest BCUT2D eigenvalue weighted by Gasteiger charge is 2.12. The average molecular weight is 337 g/mol. The monoisotopic (exact) mass is 337 g/mol. The van der Waals surface area contributed by atoms with Gasteiger partial charge >= 0.3 is 0 Å². The number of hydrogen-bond donors (Lipinski definition) is 1. The van der Waals surface area contributed by atoms with Gasteiger partial charge in [0.1, 0.15) is 17.2 Å². The lowest BCUT2D eigenvalue weighted by atomic mass is 10.2. The van der Waals surface area contributed by atoms with Gasteiger partial charge in [0.25, 0.3) is 0 Å². The van der Waals surface area contributed by atoms with Crippen LogP contribution in [0.15, 0.2) is 64.2 Å². The minimum Gasteiger partial charge on any atom is -0.496 e. The molecule has 0 radical (unpaired) electrons. The van der Waals surface area contributed by atoms with Crippen molar-refractivity contribution in [2.45, 2.75) is 13.5 Å². The van der Waals surface area contributed by atoms with E-state index in [0.717, 1.165) is 5.56 Å². The Balaban J connectivity index is 1.71. The molecule has 128 valence electrons. The summed E-state index contributed by atoms with van der Waals surface area (Å²) >= 11 is 0. The molecule has 0 saturated carbocycles. The number of nitrogens with two attached hydrogens (primary N) is 1. The Morgan fingerprint density at radius 3 is 2.60 bits per heavy atom. The zero-order valence-electron chi connectivity index (χ0n) is 14.1. The molecule has 0 amide bonds. The predicted molar refractivity (Wildman–Crippen MR) is 95.2 cm³/mol. The molecule has 0 bridgehead atoms. The number of methoxy groups -OCH3 is 1. The van der Waals surface area contributed by atoms with E-state index in [4.69, 9.17) is 19.7 Å². The fourth-order valence-electron chi connectivity index (χ4n) is 2.33. The molecule has 3 rings (SSSR count). The number of aryl methyl sites for hydroxylation is 1. The molecule has 0 fully saturated rings. The van der Waals surface area contributed by atoms with Crippen molar-refractivity contribution in [2.75, 3.05) is 7.11 Å². The standard InChI is InChI=1S/C19H19N3O3/c1-13-16(21-19(25-13)14-8-4-3-5-9-14)12-24-22-18(20)15-10-6-7-11-17(15)23-2/h3-11H,12H2,1-2H3,(H2,20,22). The van der Waals surface area contributed by atoms with Crippen LogP contribution in [0.4, 0.5) is 0 Å². The molecule has 0 unspecified atom stereocenters. The molecule has 2 N–H and O–H groups in total. The summed E-state index contributed by atoms with van der Waals surface area (Å²) < 4.78 is 10.9. The largest absolute Gasteiger partial charge is 0.496 e. The molecule has 0 aliphatic heterocycles. The number of amidine groups is 1. The van der Waals surface area contributed by atoms with E-state index in [0.29, 0.717) is 28.7 Å². The molecule has 6 nitrogen and oxygen atoms in total. The number of aromatic nitrogens is 1. The van der Waals surface area contributed by atoms with Gasteiger partial charge in [-0.3, -0.25) is 0 Å². The predicted octanol–water partition coefficient (Wildman–Crippen LogP) is 3.50. The Morgan fingerprint density at radius 2 is 1.84 bits per heavy atom. The number of nitrogens with zero attached hydrogens (tertiary/aromatic N) is 2. The van der Waals surface area contributed by atoms with E-state index < -0.39 is 0 Å². The van der Waals surface area contributed by atoms with E-state index in [1.54, 1.807) is 7.11 Å². The molecule has 0 saturated heterocycles. The van der Waals surface area contributed by atoms with Crippen molar-refractivity contribution < 1.29 is 14.0 Å². The van der Waals surface area contributed by atoms with Gasteiger partial charge in [-0.15, -0.1) is 0 Å². The zero-order chi connectivity index (χ0) is 17.6. The Morgan fingerprint density at radius 1 is 1.12 bits per heavy atom. The second kappa shape index (κ2) is 7.53. The van der Waals surface area contributed by atoms with E-state index in [1.165, 1.54) is 0 Å². The Kier molecular flexibility index (Phi) is 4.99. The van der Waals surface area contributed by atoms with Gasteiger partial charge in [-0.25, -0.2) is 4.98 Å². The van der Waals surface area contributed by atoms with Crippen LogP contribution in [0.5, 0.6) is 5.75 Å². The van der Waals surface area contributed by atoms with Crippen LogP contribution in [0.1, 0.15) is 17.0 Å². The SMILES string of the molecule is COc1ccccc1C(N)=NOCc1nc(-c2ccccc2)oc1C. The molecule has 0 atom stereocenters. The summed E-state index contributed by atoms with van der Waals surface area (Å²) in [5, 5.41) is 3.95. The van der Waals surface area contributed by atoms with Crippen LogP contribution in [0.3, 0.4) is 0 Å². The molecular weight excluding hydrogens is 318 g/mol. The lowest BCUT2D eigenvalue weighted by molar-refractivity contribution is 0.127. The first-order valence-corrected chi connectivity index (χ1v) is 7.79. The van der Waals surface area contributed by atoms with Crippen molar-refractivity contribution in [1.82, 2.24) is 4.98 Å². The number of para-hydroxylation sites is 1. The number of hydrogen-bond acceptors (Lipinski definition) is 5. The van der Waals surface area contributed by atoms with Crippen LogP contribution < -0.4 is 10.5 Å². The van der Waals surface area contributed by atoms with E-state index in [-0.39, 0.29) is 12.4 Å². The summed E-state index contributed by atoms with van der Waals surface area (Å²) in [6.45, 7) is 2.00. The highest BCUT2D eigenvalue weighted by atomic mass is 16.6. The maximum absolute atomic E-state index is 5.97. The van der Waals surface area contributed by atoms with Gasteiger partial charge in [0, 0.05) is 5.56 Å². The van der Waals surface area contributed by atoms with Crippen LogP contribution in [-0.2, 0) is 11.4 Å². The summed E-state index contributed by atoms with van der Waals surface area (Å²) in [4.78, 5) is 9.81. The maximum atomic E-state index is 5.97. The Bertz CT molecular complexity index is 873. The summed E-state index contributed by atoms with van der Waals surface area (Å²) in [6.07, 6.45) is 0. The lowest BCUT2D eigenvalue weighted by Crippen LogP contribution is -2.15. The lowest BCUT2D eigenvalue weighted by Gasteiger charge is -2.06. The Hall–Kier alpha value is -3.28. The zero-order valence-corrected chi connectivity index (χ0v) is 14.1. The molecule has 0 aliphatic rings. The molecule has 0 spiro atoms. The van der Waals surface area contributed by atoms with Gasteiger partial charge in [-0.2, -0.15) is 0 Å². The van der Waals surface area contributed by atoms with Crippen LogP contribution in [-0.4, -0.2) is 17.9 Å². The maximum Gasteiger partial charge on any atom is 0.226 e. The molecule has 0 aliphatic carbocycles. The minimum absolute atomic E-state index is 0.165. The molecule has 3 aromatic rings. The second-order valence-electron chi connectivity index (χ2n) is 5.34. The van der Waals surface area contributed by atoms with Crippen LogP contribution in [0.25, 0.3) is 11.5 Å². The first kappa shape index (κ1) is 16.6. The van der Waals surface area contributed by atoms with E-state index >= 15 is 0 Å². The topological polar surface area (TPSA) is 82.9 Å². The van der Waals surface area contributed by atoms with Crippen molar-refractivity contribution in [3.05, 3.63) is 71.6 Å². The van der Waals surface area contributed by atoms with Gasteiger partial charge in [0.05, 0.1) is 12.7 Å². The summed E-state index contributed by atoms with van der Waals surface area (Å²) in [6, 6.07) is 17.0. The van der Waals surface area contributed by atoms with Crippen molar-refractivity contribution in [3.63, 3.8) is 0 Å². The number of ether oxygens (including phenoxy) is 1. The minimum atomic E-state index is 0.165. The highest BCUT2D eigenvalue weighted by molar-refractivity contribution is 5.99. The van der Waals surface area contributed by atoms with Gasteiger partial charge in [0.15, 0.2) is 12.4 Å². The Labute approximate surface area is 145 Å². The number of benzene rings is 2. The van der Waals surface area contributed by atoms with Crippen LogP contribution in [0.2, 0.25) is 0 Å². The molecular formula is C19H19N3O3. The molecule has 1 heterocycles. The van der Waals surface area contributed by atoms with Gasteiger partial charge < -0.3 is 19.7 Å². The van der Waals surface area contributed by atoms with Crippen LogP contribution in [0, 0.1) is 6.92 Å². The highest BCUT2D eigenvalue weighted by Crippen LogP contribution is 2.22. The van der Waals surface area contributed by atoms with Crippen molar-refractivity contribution in [3.8, 4) is 17.2 Å². The average Bonchev–Trinajstić information content (AvgIpc) is 3.03. The fraction of sp³-hybridized carbons (Fsp3) is 0.158. The van der Waals surface area contributed by atoms with E-state index in [1.807, 2.05) is 61.5 Å². The summed E-state index contributed by atoms with van der Waals surface area (Å²) in [7, 11) is 1.58. The van der Waals surface area contributed by atoms with Crippen molar-refractivity contribution >= 4 is 5.84 Å². The van der Waals surface area contributed by atoms with Crippen molar-refractivity contribution in [2.24, 2.45) is 10.9 Å². The third kappa shape index (κ3) is 3.80.